The van der Waals surface area contributed by atoms with Crippen molar-refractivity contribution in [1.29, 1.82) is 0 Å². The molecule has 0 fully saturated rings. The van der Waals surface area contributed by atoms with Gasteiger partial charge in [0, 0.05) is 6.04 Å². The molecule has 0 amide bonds. The Kier molecular flexibility index (Phi) is 2.63. The Balaban J connectivity index is 3.56. The van der Waals surface area contributed by atoms with Crippen LogP contribution in [0.3, 0.4) is 0 Å². The lowest BCUT2D eigenvalue weighted by molar-refractivity contribution is 0.351. The lowest BCUT2D eigenvalue weighted by atomic mass is 10.4. The molecule has 0 rings (SSSR count). The Labute approximate surface area is 48.1 Å². The fourth-order valence-corrected chi connectivity index (χ4v) is 1.01. The number of hydrogen-bond acceptors (Lipinski definition) is 1. The standard InChI is InChI=1S/C3H10NO3P/c1-3(2)4-8(5,6)7/h3H,1-2H3,(H3,4,5,6,7). The van der Waals surface area contributed by atoms with E-state index in [9.17, 15) is 4.57 Å². The summed E-state index contributed by atoms with van der Waals surface area (Å²) in [6, 6.07) is -0.171. The second kappa shape index (κ2) is 2.60. The van der Waals surface area contributed by atoms with Gasteiger partial charge in [0.25, 0.3) is 0 Å². The predicted octanol–water partition coefficient (Wildman–Crippen LogP) is 0.0771. The first-order chi connectivity index (χ1) is 3.42. The molecule has 0 heterocycles. The third-order valence-electron chi connectivity index (χ3n) is 0.426. The molecule has 0 aromatic carbocycles. The SMILES string of the molecule is CC(C)NP(=O)(O)O. The molecule has 8 heavy (non-hydrogen) atoms. The van der Waals surface area contributed by atoms with Gasteiger partial charge in [0.05, 0.1) is 0 Å². The van der Waals surface area contributed by atoms with Gasteiger partial charge < -0.3 is 9.79 Å². The first-order valence-electron chi connectivity index (χ1n) is 2.25. The molecule has 0 atom stereocenters. The van der Waals surface area contributed by atoms with Gasteiger partial charge >= 0.3 is 7.75 Å². The molecule has 0 aliphatic rings. The van der Waals surface area contributed by atoms with E-state index >= 15 is 0 Å². The minimum atomic E-state index is -3.97. The van der Waals surface area contributed by atoms with Gasteiger partial charge in [0.1, 0.15) is 0 Å². The van der Waals surface area contributed by atoms with Crippen LogP contribution in [0.25, 0.3) is 0 Å². The van der Waals surface area contributed by atoms with Crippen LogP contribution in [0.4, 0.5) is 0 Å². The van der Waals surface area contributed by atoms with Crippen LogP contribution in [0.2, 0.25) is 0 Å². The van der Waals surface area contributed by atoms with Gasteiger partial charge in [-0.15, -0.1) is 0 Å². The molecular weight excluding hydrogens is 129 g/mol. The molecule has 0 spiro atoms. The van der Waals surface area contributed by atoms with Crippen LogP contribution in [-0.2, 0) is 4.57 Å². The van der Waals surface area contributed by atoms with E-state index in [1.807, 2.05) is 5.09 Å². The van der Waals surface area contributed by atoms with Crippen molar-refractivity contribution in [3.63, 3.8) is 0 Å². The second-order valence-electron chi connectivity index (χ2n) is 1.83. The fraction of sp³-hybridized carbons (Fsp3) is 1.00. The van der Waals surface area contributed by atoms with Crippen LogP contribution in [0.5, 0.6) is 0 Å². The zero-order chi connectivity index (χ0) is 6.78. The Morgan fingerprint density at radius 3 is 1.88 bits per heavy atom. The molecule has 0 aliphatic carbocycles. The van der Waals surface area contributed by atoms with Crippen LogP contribution < -0.4 is 5.09 Å². The maximum Gasteiger partial charge on any atom is 0.400 e. The Morgan fingerprint density at radius 1 is 1.50 bits per heavy atom. The summed E-state index contributed by atoms with van der Waals surface area (Å²) in [5, 5.41) is 2.05. The van der Waals surface area contributed by atoms with Gasteiger partial charge in [-0.1, -0.05) is 0 Å². The maximum atomic E-state index is 10.0. The summed E-state index contributed by atoms with van der Waals surface area (Å²) in [5.74, 6) is 0. The van der Waals surface area contributed by atoms with Crippen molar-refractivity contribution in [3.05, 3.63) is 0 Å². The third kappa shape index (κ3) is 6.11. The highest BCUT2D eigenvalue weighted by molar-refractivity contribution is 7.49. The highest BCUT2D eigenvalue weighted by atomic mass is 31.2. The molecule has 0 radical (unpaired) electrons. The maximum absolute atomic E-state index is 10.0. The molecule has 0 aromatic rings. The molecule has 50 valence electrons. The molecular formula is C3H10NO3P. The van der Waals surface area contributed by atoms with Crippen molar-refractivity contribution in [2.45, 2.75) is 19.9 Å². The van der Waals surface area contributed by atoms with E-state index in [1.165, 1.54) is 0 Å². The summed E-state index contributed by atoms with van der Waals surface area (Å²) >= 11 is 0. The Bertz CT molecular complexity index is 107. The first kappa shape index (κ1) is 8.11. The molecule has 5 heteroatoms. The number of hydrogen-bond donors (Lipinski definition) is 3. The van der Waals surface area contributed by atoms with Crippen molar-refractivity contribution >= 4 is 7.75 Å². The van der Waals surface area contributed by atoms with Gasteiger partial charge in [-0.25, -0.2) is 9.65 Å². The summed E-state index contributed by atoms with van der Waals surface area (Å²) in [6.45, 7) is 3.33. The van der Waals surface area contributed by atoms with E-state index < -0.39 is 7.75 Å². The number of nitrogens with one attached hydrogen (secondary N) is 1. The molecule has 0 bridgehead atoms. The van der Waals surface area contributed by atoms with Gasteiger partial charge in [-0.2, -0.15) is 0 Å². The monoisotopic (exact) mass is 139 g/mol. The molecule has 0 aliphatic heterocycles. The normalized spacial score (nSPS) is 12.6. The highest BCUT2D eigenvalue weighted by Crippen LogP contribution is 2.28. The van der Waals surface area contributed by atoms with Crippen LogP contribution in [0.1, 0.15) is 13.8 Å². The van der Waals surface area contributed by atoms with E-state index in [-0.39, 0.29) is 6.04 Å². The lowest BCUT2D eigenvalue weighted by Crippen LogP contribution is -2.18. The zero-order valence-corrected chi connectivity index (χ0v) is 5.72. The molecule has 4 nitrogen and oxygen atoms in total. The van der Waals surface area contributed by atoms with Crippen LogP contribution in [0, 0.1) is 0 Å². The second-order valence-corrected chi connectivity index (χ2v) is 3.17. The van der Waals surface area contributed by atoms with E-state index in [1.54, 1.807) is 13.8 Å². The van der Waals surface area contributed by atoms with Crippen molar-refractivity contribution < 1.29 is 14.4 Å². The average molecular weight is 139 g/mol. The molecule has 3 N–H and O–H groups in total. The highest BCUT2D eigenvalue weighted by Gasteiger charge is 2.12. The van der Waals surface area contributed by atoms with Gasteiger partial charge in [0.15, 0.2) is 0 Å². The summed E-state index contributed by atoms with van der Waals surface area (Å²) in [7, 11) is -3.97. The van der Waals surface area contributed by atoms with E-state index in [2.05, 4.69) is 0 Å². The molecule has 0 saturated heterocycles. The van der Waals surface area contributed by atoms with Crippen LogP contribution in [0.15, 0.2) is 0 Å². The van der Waals surface area contributed by atoms with E-state index in [4.69, 9.17) is 9.79 Å². The largest absolute Gasteiger partial charge is 0.400 e. The average Bonchev–Trinajstić information content (AvgIpc) is 1.21. The quantitative estimate of drug-likeness (QED) is 0.474. The summed E-state index contributed by atoms with van der Waals surface area (Å²) in [4.78, 5) is 16.4. The minimum Gasteiger partial charge on any atom is -0.313 e. The topological polar surface area (TPSA) is 69.6 Å². The van der Waals surface area contributed by atoms with Crippen LogP contribution in [-0.4, -0.2) is 15.8 Å². The Hall–Kier alpha value is 0.110. The van der Waals surface area contributed by atoms with E-state index in [0.29, 0.717) is 0 Å². The van der Waals surface area contributed by atoms with Gasteiger partial charge in [-0.05, 0) is 13.8 Å². The Morgan fingerprint density at radius 2 is 1.88 bits per heavy atom. The van der Waals surface area contributed by atoms with E-state index in [0.717, 1.165) is 0 Å². The zero-order valence-electron chi connectivity index (χ0n) is 4.83. The lowest BCUT2D eigenvalue weighted by Gasteiger charge is -2.07. The molecule has 0 aromatic heterocycles. The van der Waals surface area contributed by atoms with Crippen molar-refractivity contribution in [3.8, 4) is 0 Å². The first-order valence-corrected chi connectivity index (χ1v) is 3.86. The summed E-state index contributed by atoms with van der Waals surface area (Å²) in [6.07, 6.45) is 0. The van der Waals surface area contributed by atoms with Gasteiger partial charge in [0.2, 0.25) is 0 Å². The minimum absolute atomic E-state index is 0.171. The predicted molar refractivity (Wildman–Crippen MR) is 30.3 cm³/mol. The van der Waals surface area contributed by atoms with Crippen molar-refractivity contribution in [1.82, 2.24) is 5.09 Å². The number of rotatable bonds is 2. The molecule has 0 unspecified atom stereocenters. The third-order valence-corrected chi connectivity index (χ3v) is 1.28. The summed E-state index contributed by atoms with van der Waals surface area (Å²) < 4.78 is 10.0. The summed E-state index contributed by atoms with van der Waals surface area (Å²) in [5.41, 5.74) is 0. The molecule has 0 saturated carbocycles. The van der Waals surface area contributed by atoms with Gasteiger partial charge in [-0.3, -0.25) is 0 Å². The smallest absolute Gasteiger partial charge is 0.313 e. The fourth-order valence-electron chi connectivity index (χ4n) is 0.336. The van der Waals surface area contributed by atoms with Crippen molar-refractivity contribution in [2.75, 3.05) is 0 Å². The van der Waals surface area contributed by atoms with Crippen molar-refractivity contribution in [2.24, 2.45) is 0 Å². The van der Waals surface area contributed by atoms with Crippen LogP contribution >= 0.6 is 7.75 Å².